The molecule has 1 rings (SSSR count). The van der Waals surface area contributed by atoms with Crippen LogP contribution in [0.1, 0.15) is 26.3 Å². The highest BCUT2D eigenvalue weighted by Crippen LogP contribution is 2.26. The van der Waals surface area contributed by atoms with Gasteiger partial charge in [0.05, 0.1) is 5.41 Å². The number of benzene rings is 1. The monoisotopic (exact) mass is 246 g/mol. The van der Waals surface area contributed by atoms with E-state index in [2.05, 4.69) is 6.58 Å². The summed E-state index contributed by atoms with van der Waals surface area (Å²) < 4.78 is 0. The van der Waals surface area contributed by atoms with Crippen LogP contribution in [-0.2, 0) is 10.2 Å². The number of anilines is 1. The Balaban J connectivity index is 2.95. The third-order valence-electron chi connectivity index (χ3n) is 3.02. The van der Waals surface area contributed by atoms with Gasteiger partial charge in [0.2, 0.25) is 5.91 Å². The number of rotatable bonds is 4. The highest BCUT2D eigenvalue weighted by Gasteiger charge is 2.32. The summed E-state index contributed by atoms with van der Waals surface area (Å²) in [6.45, 7) is 10.2. The van der Waals surface area contributed by atoms with Gasteiger partial charge in [-0.1, -0.05) is 24.3 Å². The fraction of sp³-hybridized carbons (Fsp3) is 0.400. The lowest BCUT2D eigenvalue weighted by Crippen LogP contribution is -2.41. The second-order valence-electron chi connectivity index (χ2n) is 5.37. The van der Waals surface area contributed by atoms with Crippen molar-refractivity contribution in [2.24, 2.45) is 0 Å². The van der Waals surface area contributed by atoms with Crippen LogP contribution in [0.25, 0.3) is 0 Å². The first kappa shape index (κ1) is 14.3. The van der Waals surface area contributed by atoms with Crippen molar-refractivity contribution in [3.8, 4) is 0 Å². The van der Waals surface area contributed by atoms with Gasteiger partial charge in [-0.3, -0.25) is 4.79 Å². The van der Waals surface area contributed by atoms with Crippen molar-refractivity contribution in [1.82, 2.24) is 4.90 Å². The first-order valence-electron chi connectivity index (χ1n) is 6.01. The average Bonchev–Trinajstić information content (AvgIpc) is 2.27. The number of hydrogen-bond acceptors (Lipinski definition) is 2. The van der Waals surface area contributed by atoms with Crippen LogP contribution in [0.3, 0.4) is 0 Å². The van der Waals surface area contributed by atoms with Crippen molar-refractivity contribution in [2.75, 3.05) is 19.3 Å². The van der Waals surface area contributed by atoms with E-state index < -0.39 is 5.41 Å². The zero-order chi connectivity index (χ0) is 13.9. The molecule has 0 saturated heterocycles. The molecule has 0 aliphatic rings. The van der Waals surface area contributed by atoms with Crippen LogP contribution in [0.15, 0.2) is 36.4 Å². The Morgan fingerprint density at radius 1 is 1.33 bits per heavy atom. The minimum absolute atomic E-state index is 0.0790. The highest BCUT2D eigenvalue weighted by atomic mass is 16.2. The van der Waals surface area contributed by atoms with Crippen LogP contribution in [0.5, 0.6) is 0 Å². The van der Waals surface area contributed by atoms with Gasteiger partial charge in [-0.05, 0) is 38.5 Å². The van der Waals surface area contributed by atoms with Crippen LogP contribution in [0.4, 0.5) is 5.69 Å². The number of carbonyl (C=O) groups is 1. The Bertz CT molecular complexity index is 446. The van der Waals surface area contributed by atoms with Crippen LogP contribution in [0.2, 0.25) is 0 Å². The molecule has 1 aromatic rings. The molecule has 1 amide bonds. The third kappa shape index (κ3) is 3.13. The van der Waals surface area contributed by atoms with E-state index in [9.17, 15) is 4.79 Å². The van der Waals surface area contributed by atoms with E-state index in [1.165, 1.54) is 0 Å². The highest BCUT2D eigenvalue weighted by molar-refractivity contribution is 5.87. The van der Waals surface area contributed by atoms with Crippen LogP contribution < -0.4 is 5.73 Å². The molecule has 3 nitrogen and oxygen atoms in total. The molecule has 18 heavy (non-hydrogen) atoms. The molecule has 2 N–H and O–H groups in total. The molecule has 0 fully saturated rings. The van der Waals surface area contributed by atoms with Crippen molar-refractivity contribution in [3.05, 3.63) is 42.0 Å². The molecule has 0 radical (unpaired) electrons. The predicted octanol–water partition coefficient (Wildman–Crippen LogP) is 2.58. The van der Waals surface area contributed by atoms with E-state index in [4.69, 9.17) is 5.73 Å². The second-order valence-corrected chi connectivity index (χ2v) is 5.37. The Morgan fingerprint density at radius 2 is 1.83 bits per heavy atom. The van der Waals surface area contributed by atoms with Gasteiger partial charge >= 0.3 is 0 Å². The molecule has 0 saturated carbocycles. The predicted molar refractivity (Wildman–Crippen MR) is 76.3 cm³/mol. The first-order chi connectivity index (χ1) is 8.25. The molecular weight excluding hydrogens is 224 g/mol. The van der Waals surface area contributed by atoms with E-state index >= 15 is 0 Å². The molecule has 0 unspecified atom stereocenters. The van der Waals surface area contributed by atoms with Crippen molar-refractivity contribution in [1.29, 1.82) is 0 Å². The molecular formula is C15H22N2O. The van der Waals surface area contributed by atoms with Gasteiger partial charge in [0.15, 0.2) is 0 Å². The molecule has 0 bridgehead atoms. The third-order valence-corrected chi connectivity index (χ3v) is 3.02. The largest absolute Gasteiger partial charge is 0.399 e. The van der Waals surface area contributed by atoms with E-state index in [1.807, 2.05) is 45.0 Å². The lowest BCUT2D eigenvalue weighted by Gasteiger charge is -2.30. The maximum atomic E-state index is 12.4. The molecule has 0 heterocycles. The number of nitrogen functional groups attached to an aromatic ring is 1. The summed E-state index contributed by atoms with van der Waals surface area (Å²) in [5.74, 6) is 0.0790. The Morgan fingerprint density at radius 3 is 2.28 bits per heavy atom. The first-order valence-corrected chi connectivity index (χ1v) is 6.01. The summed E-state index contributed by atoms with van der Waals surface area (Å²) in [5.41, 5.74) is 7.75. The van der Waals surface area contributed by atoms with Crippen LogP contribution in [0, 0.1) is 0 Å². The zero-order valence-corrected chi connectivity index (χ0v) is 11.7. The summed E-state index contributed by atoms with van der Waals surface area (Å²) in [6, 6.07) is 7.45. The lowest BCUT2D eigenvalue weighted by atomic mass is 9.83. The smallest absolute Gasteiger partial charge is 0.232 e. The topological polar surface area (TPSA) is 46.3 Å². The van der Waals surface area contributed by atoms with Gasteiger partial charge in [0.25, 0.3) is 0 Å². The quantitative estimate of drug-likeness (QED) is 0.655. The van der Waals surface area contributed by atoms with Gasteiger partial charge < -0.3 is 10.6 Å². The van der Waals surface area contributed by atoms with Crippen molar-refractivity contribution < 1.29 is 4.79 Å². The number of nitrogens with zero attached hydrogens (tertiary/aromatic N) is 1. The fourth-order valence-corrected chi connectivity index (χ4v) is 1.98. The number of nitrogens with two attached hydrogens (primary N) is 1. The summed E-state index contributed by atoms with van der Waals surface area (Å²) in [7, 11) is 1.80. The van der Waals surface area contributed by atoms with Crippen molar-refractivity contribution >= 4 is 11.6 Å². The number of hydrogen-bond donors (Lipinski definition) is 1. The van der Waals surface area contributed by atoms with Gasteiger partial charge in [-0.15, -0.1) is 0 Å². The lowest BCUT2D eigenvalue weighted by molar-refractivity contribution is -0.134. The molecule has 0 spiro atoms. The summed E-state index contributed by atoms with van der Waals surface area (Å²) >= 11 is 0. The Labute approximate surface area is 109 Å². The molecule has 0 aliphatic heterocycles. The fourth-order valence-electron chi connectivity index (χ4n) is 1.98. The average molecular weight is 246 g/mol. The number of carbonyl (C=O) groups excluding carboxylic acids is 1. The van der Waals surface area contributed by atoms with Crippen LogP contribution >= 0.6 is 0 Å². The van der Waals surface area contributed by atoms with Crippen LogP contribution in [-0.4, -0.2) is 24.4 Å². The number of amides is 1. The van der Waals surface area contributed by atoms with Gasteiger partial charge in [0.1, 0.15) is 0 Å². The Hall–Kier alpha value is -1.77. The second kappa shape index (κ2) is 5.25. The zero-order valence-electron chi connectivity index (χ0n) is 11.7. The number of likely N-dealkylation sites (N-methyl/N-ethyl adjacent to an activating group) is 1. The maximum Gasteiger partial charge on any atom is 0.232 e. The Kier molecular flexibility index (Phi) is 4.17. The van der Waals surface area contributed by atoms with Gasteiger partial charge in [-0.2, -0.15) is 0 Å². The van der Waals surface area contributed by atoms with E-state index in [0.717, 1.165) is 11.1 Å². The SMILES string of the molecule is C=C(C)CN(C)C(=O)C(C)(C)c1ccc(N)cc1. The molecule has 3 heteroatoms. The standard InChI is InChI=1S/C15H22N2O/c1-11(2)10-17(5)14(18)15(3,4)12-6-8-13(16)9-7-12/h6-9H,1,10,16H2,2-5H3. The van der Waals surface area contributed by atoms with Crippen molar-refractivity contribution in [3.63, 3.8) is 0 Å². The molecule has 0 atom stereocenters. The minimum Gasteiger partial charge on any atom is -0.399 e. The van der Waals surface area contributed by atoms with Gasteiger partial charge in [-0.25, -0.2) is 0 Å². The normalized spacial score (nSPS) is 11.1. The minimum atomic E-state index is -0.558. The molecule has 98 valence electrons. The molecule has 0 aliphatic carbocycles. The van der Waals surface area contributed by atoms with Crippen molar-refractivity contribution in [2.45, 2.75) is 26.2 Å². The van der Waals surface area contributed by atoms with E-state index in [-0.39, 0.29) is 5.91 Å². The summed E-state index contributed by atoms with van der Waals surface area (Å²) in [6.07, 6.45) is 0. The summed E-state index contributed by atoms with van der Waals surface area (Å²) in [4.78, 5) is 14.1. The molecule has 0 aromatic heterocycles. The summed E-state index contributed by atoms with van der Waals surface area (Å²) in [5, 5.41) is 0. The van der Waals surface area contributed by atoms with E-state index in [0.29, 0.717) is 12.2 Å². The van der Waals surface area contributed by atoms with E-state index in [1.54, 1.807) is 11.9 Å². The maximum absolute atomic E-state index is 12.4. The van der Waals surface area contributed by atoms with Gasteiger partial charge in [0, 0.05) is 19.3 Å². The molecule has 1 aromatic carbocycles.